The van der Waals surface area contributed by atoms with Gasteiger partial charge in [0.25, 0.3) is 0 Å². The van der Waals surface area contributed by atoms with Gasteiger partial charge in [-0.05, 0) is 18.2 Å². The highest BCUT2D eigenvalue weighted by molar-refractivity contribution is 5.23. The van der Waals surface area contributed by atoms with E-state index in [0.717, 1.165) is 0 Å². The summed E-state index contributed by atoms with van der Waals surface area (Å²) in [4.78, 5) is 0. The van der Waals surface area contributed by atoms with E-state index in [-0.39, 0.29) is 24.8 Å². The number of rotatable bonds is 4. The van der Waals surface area contributed by atoms with Gasteiger partial charge in [0.2, 0.25) is 0 Å². The van der Waals surface area contributed by atoms with Crippen molar-refractivity contribution < 1.29 is 14.2 Å². The smallest absolute Gasteiger partial charge is 0.165 e. The minimum atomic E-state index is -0.375. The first-order chi connectivity index (χ1) is 6.34. The molecule has 0 saturated heterocycles. The summed E-state index contributed by atoms with van der Waals surface area (Å²) in [5, 5.41) is 8.40. The van der Waals surface area contributed by atoms with Crippen LogP contribution in [0.3, 0.4) is 0 Å². The van der Waals surface area contributed by atoms with Gasteiger partial charge >= 0.3 is 0 Å². The van der Waals surface area contributed by atoms with Gasteiger partial charge in [-0.1, -0.05) is 18.2 Å². The zero-order chi connectivity index (χ0) is 9.52. The Morgan fingerprint density at radius 3 is 2.77 bits per heavy atom. The van der Waals surface area contributed by atoms with Crippen molar-refractivity contribution in [2.45, 2.75) is 0 Å². The highest BCUT2D eigenvalue weighted by Crippen LogP contribution is 2.14. The first kappa shape index (κ1) is 9.74. The minimum Gasteiger partial charge on any atom is -0.486 e. The SMILES string of the molecule is OC/C=C/COc1ccccc1F. The van der Waals surface area contributed by atoms with E-state index >= 15 is 0 Å². The summed E-state index contributed by atoms with van der Waals surface area (Å²) in [6.07, 6.45) is 3.17. The second-order valence-electron chi connectivity index (χ2n) is 2.40. The van der Waals surface area contributed by atoms with Crippen LogP contribution < -0.4 is 4.74 Å². The molecule has 0 radical (unpaired) electrons. The van der Waals surface area contributed by atoms with Crippen molar-refractivity contribution >= 4 is 0 Å². The van der Waals surface area contributed by atoms with E-state index in [4.69, 9.17) is 9.84 Å². The number of para-hydroxylation sites is 1. The molecule has 1 aromatic rings. The maximum Gasteiger partial charge on any atom is 0.165 e. The van der Waals surface area contributed by atoms with Crippen LogP contribution in [0.5, 0.6) is 5.75 Å². The molecular weight excluding hydrogens is 171 g/mol. The standard InChI is InChI=1S/C10H11FO2/c11-9-5-1-2-6-10(9)13-8-4-3-7-12/h1-6,12H,7-8H2/b4-3+. The van der Waals surface area contributed by atoms with Crippen molar-refractivity contribution in [2.24, 2.45) is 0 Å². The summed E-state index contributed by atoms with van der Waals surface area (Å²) >= 11 is 0. The van der Waals surface area contributed by atoms with E-state index in [0.29, 0.717) is 0 Å². The molecule has 0 bridgehead atoms. The largest absolute Gasteiger partial charge is 0.486 e. The molecule has 0 atom stereocenters. The lowest BCUT2D eigenvalue weighted by atomic mass is 10.3. The number of hydrogen-bond acceptors (Lipinski definition) is 2. The Morgan fingerprint density at radius 2 is 2.08 bits per heavy atom. The van der Waals surface area contributed by atoms with Gasteiger partial charge in [-0.15, -0.1) is 0 Å². The Bertz CT molecular complexity index is 284. The molecule has 1 aromatic carbocycles. The van der Waals surface area contributed by atoms with Crippen LogP contribution in [0.25, 0.3) is 0 Å². The fourth-order valence-electron chi connectivity index (χ4n) is 0.842. The number of halogens is 1. The normalized spacial score (nSPS) is 10.6. The molecule has 0 aliphatic rings. The fourth-order valence-corrected chi connectivity index (χ4v) is 0.842. The molecule has 0 spiro atoms. The van der Waals surface area contributed by atoms with Gasteiger partial charge in [0.1, 0.15) is 6.61 Å². The highest BCUT2D eigenvalue weighted by atomic mass is 19.1. The lowest BCUT2D eigenvalue weighted by molar-refractivity contribution is 0.330. The molecule has 0 saturated carbocycles. The molecule has 70 valence electrons. The molecule has 0 heterocycles. The molecule has 0 fully saturated rings. The lowest BCUT2D eigenvalue weighted by Crippen LogP contribution is -1.95. The van der Waals surface area contributed by atoms with E-state index < -0.39 is 0 Å². The van der Waals surface area contributed by atoms with E-state index in [1.165, 1.54) is 6.07 Å². The van der Waals surface area contributed by atoms with E-state index in [1.54, 1.807) is 30.4 Å². The first-order valence-corrected chi connectivity index (χ1v) is 3.98. The van der Waals surface area contributed by atoms with Crippen molar-refractivity contribution in [1.29, 1.82) is 0 Å². The minimum absolute atomic E-state index is 0.0272. The molecule has 0 unspecified atom stereocenters. The van der Waals surface area contributed by atoms with Gasteiger partial charge in [0.05, 0.1) is 6.61 Å². The van der Waals surface area contributed by atoms with Gasteiger partial charge in [-0.25, -0.2) is 4.39 Å². The number of aliphatic hydroxyl groups is 1. The molecular formula is C10H11FO2. The summed E-state index contributed by atoms with van der Waals surface area (Å²) in [6, 6.07) is 6.20. The topological polar surface area (TPSA) is 29.5 Å². The molecule has 0 aliphatic carbocycles. The first-order valence-electron chi connectivity index (χ1n) is 3.98. The fraction of sp³-hybridized carbons (Fsp3) is 0.200. The summed E-state index contributed by atoms with van der Waals surface area (Å²) < 4.78 is 18.0. The zero-order valence-electron chi connectivity index (χ0n) is 7.11. The Balaban J connectivity index is 2.45. The van der Waals surface area contributed by atoms with Crippen LogP contribution in [-0.2, 0) is 0 Å². The van der Waals surface area contributed by atoms with Crippen LogP contribution in [0.2, 0.25) is 0 Å². The third-order valence-corrected chi connectivity index (χ3v) is 1.44. The van der Waals surface area contributed by atoms with Crippen LogP contribution in [0.15, 0.2) is 36.4 Å². The molecule has 0 amide bonds. The predicted molar refractivity (Wildman–Crippen MR) is 48.1 cm³/mol. The van der Waals surface area contributed by atoms with E-state index in [9.17, 15) is 4.39 Å². The van der Waals surface area contributed by atoms with E-state index in [2.05, 4.69) is 0 Å². The van der Waals surface area contributed by atoms with E-state index in [1.807, 2.05) is 0 Å². The Hall–Kier alpha value is -1.35. The van der Waals surface area contributed by atoms with Crippen molar-refractivity contribution in [2.75, 3.05) is 13.2 Å². The van der Waals surface area contributed by atoms with Crippen molar-refractivity contribution in [3.05, 3.63) is 42.2 Å². The third-order valence-electron chi connectivity index (χ3n) is 1.44. The van der Waals surface area contributed by atoms with Gasteiger partial charge in [0, 0.05) is 0 Å². The number of benzene rings is 1. The molecule has 13 heavy (non-hydrogen) atoms. The monoisotopic (exact) mass is 182 g/mol. The van der Waals surface area contributed by atoms with Crippen LogP contribution in [0, 0.1) is 5.82 Å². The van der Waals surface area contributed by atoms with Crippen LogP contribution >= 0.6 is 0 Å². The number of aliphatic hydroxyl groups excluding tert-OH is 1. The number of hydrogen-bond donors (Lipinski definition) is 1. The Morgan fingerprint density at radius 1 is 1.31 bits per heavy atom. The summed E-state index contributed by atoms with van der Waals surface area (Å²) in [6.45, 7) is 0.238. The Labute approximate surface area is 76.3 Å². The van der Waals surface area contributed by atoms with Crippen LogP contribution in [-0.4, -0.2) is 18.3 Å². The van der Waals surface area contributed by atoms with Crippen molar-refractivity contribution in [3.63, 3.8) is 0 Å². The molecule has 3 heteroatoms. The summed E-state index contributed by atoms with van der Waals surface area (Å²) in [5.74, 6) is -0.148. The Kier molecular flexibility index (Phi) is 3.99. The molecule has 0 aliphatic heterocycles. The predicted octanol–water partition coefficient (Wildman–Crippen LogP) is 1.75. The van der Waals surface area contributed by atoms with Crippen LogP contribution in [0.1, 0.15) is 0 Å². The van der Waals surface area contributed by atoms with Crippen LogP contribution in [0.4, 0.5) is 4.39 Å². The maximum atomic E-state index is 12.9. The van der Waals surface area contributed by atoms with Gasteiger partial charge in [-0.3, -0.25) is 0 Å². The van der Waals surface area contributed by atoms with Gasteiger partial charge in [-0.2, -0.15) is 0 Å². The van der Waals surface area contributed by atoms with Crippen molar-refractivity contribution in [3.8, 4) is 5.75 Å². The summed E-state index contributed by atoms with van der Waals surface area (Å²) in [7, 11) is 0. The third kappa shape index (κ3) is 3.25. The second-order valence-corrected chi connectivity index (χ2v) is 2.40. The average molecular weight is 182 g/mol. The summed E-state index contributed by atoms with van der Waals surface area (Å²) in [5.41, 5.74) is 0. The maximum absolute atomic E-state index is 12.9. The van der Waals surface area contributed by atoms with Crippen molar-refractivity contribution in [1.82, 2.24) is 0 Å². The quantitative estimate of drug-likeness (QED) is 0.719. The second kappa shape index (κ2) is 5.32. The molecule has 2 nitrogen and oxygen atoms in total. The lowest BCUT2D eigenvalue weighted by Gasteiger charge is -2.02. The highest BCUT2D eigenvalue weighted by Gasteiger charge is 1.98. The molecule has 1 N–H and O–H groups in total. The van der Waals surface area contributed by atoms with Gasteiger partial charge < -0.3 is 9.84 Å². The van der Waals surface area contributed by atoms with Gasteiger partial charge in [0.15, 0.2) is 11.6 Å². The number of ether oxygens (including phenoxy) is 1. The zero-order valence-corrected chi connectivity index (χ0v) is 7.11. The average Bonchev–Trinajstić information content (AvgIpc) is 2.15. The molecule has 0 aromatic heterocycles. The molecule has 1 rings (SSSR count).